The van der Waals surface area contributed by atoms with Crippen LogP contribution in [0.1, 0.15) is 53.2 Å². The summed E-state index contributed by atoms with van der Waals surface area (Å²) in [5, 5.41) is 14.6. The average molecular weight is 330 g/mol. The van der Waals surface area contributed by atoms with Crippen LogP contribution in [-0.2, 0) is 6.42 Å². The van der Waals surface area contributed by atoms with Gasteiger partial charge in [-0.1, -0.05) is 19.4 Å². The van der Waals surface area contributed by atoms with Gasteiger partial charge in [0.1, 0.15) is 0 Å². The van der Waals surface area contributed by atoms with Gasteiger partial charge >= 0.3 is 0 Å². The molecule has 1 atom stereocenters. The Balaban J connectivity index is 1.73. The highest BCUT2D eigenvalue weighted by molar-refractivity contribution is 7.10. The summed E-state index contributed by atoms with van der Waals surface area (Å²) in [4.78, 5) is 18.2. The minimum atomic E-state index is -0.250. The summed E-state index contributed by atoms with van der Waals surface area (Å²) in [5.74, 6) is 0.193. The number of aryl methyl sites for hydroxylation is 1. The molecular formula is C18H22N2O2S. The number of carbonyl (C=O) groups is 1. The van der Waals surface area contributed by atoms with E-state index in [0.717, 1.165) is 24.1 Å². The summed E-state index contributed by atoms with van der Waals surface area (Å²) in [6, 6.07) is 7.58. The summed E-state index contributed by atoms with van der Waals surface area (Å²) in [5.41, 5.74) is 1.58. The predicted molar refractivity (Wildman–Crippen MR) is 91.5 cm³/mol. The third kappa shape index (κ3) is 3.79. The Hall–Kier alpha value is -1.72. The zero-order valence-electron chi connectivity index (χ0n) is 13.2. The highest BCUT2D eigenvalue weighted by Crippen LogP contribution is 2.37. The minimum Gasteiger partial charge on any atom is -0.393 e. The highest BCUT2D eigenvalue weighted by Gasteiger charge is 2.36. The second-order valence-corrected chi connectivity index (χ2v) is 7.14. The number of hydrogen-bond acceptors (Lipinski definition) is 4. The molecule has 1 aliphatic carbocycles. The Morgan fingerprint density at radius 2 is 2.30 bits per heavy atom. The molecule has 0 radical (unpaired) electrons. The van der Waals surface area contributed by atoms with Gasteiger partial charge in [-0.05, 0) is 43.4 Å². The maximum atomic E-state index is 12.6. The first-order valence-electron chi connectivity index (χ1n) is 8.14. The normalized spacial score (nSPS) is 21.5. The van der Waals surface area contributed by atoms with Crippen LogP contribution in [0, 0.1) is 5.92 Å². The summed E-state index contributed by atoms with van der Waals surface area (Å²) in [6.45, 7) is 2.14. The van der Waals surface area contributed by atoms with Crippen LogP contribution in [0.2, 0.25) is 0 Å². The molecule has 5 heteroatoms. The molecule has 1 unspecified atom stereocenters. The number of amides is 1. The Bertz CT molecular complexity index is 650. The topological polar surface area (TPSA) is 62.2 Å². The van der Waals surface area contributed by atoms with Crippen LogP contribution in [0.25, 0.3) is 0 Å². The Labute approximate surface area is 140 Å². The van der Waals surface area contributed by atoms with E-state index >= 15 is 0 Å². The summed E-state index contributed by atoms with van der Waals surface area (Å²) in [6.07, 6.45) is 5.01. The summed E-state index contributed by atoms with van der Waals surface area (Å²) >= 11 is 1.64. The van der Waals surface area contributed by atoms with Crippen molar-refractivity contribution in [2.24, 2.45) is 5.92 Å². The van der Waals surface area contributed by atoms with Gasteiger partial charge in [0.15, 0.2) is 0 Å². The molecule has 1 aliphatic rings. The molecule has 122 valence electrons. The van der Waals surface area contributed by atoms with E-state index in [9.17, 15) is 9.90 Å². The van der Waals surface area contributed by atoms with Crippen LogP contribution in [-0.4, -0.2) is 22.1 Å². The lowest BCUT2D eigenvalue weighted by atomic mass is 9.76. The molecule has 1 fully saturated rings. The lowest BCUT2D eigenvalue weighted by Gasteiger charge is -2.37. The molecule has 0 saturated heterocycles. The number of nitrogens with one attached hydrogen (secondary N) is 1. The SMILES string of the molecule is CCCc1cc(C(=O)NC(c2ccccn2)C2CC(O)C2)cs1. The predicted octanol–water partition coefficient (Wildman–Crippen LogP) is 3.34. The second-order valence-electron chi connectivity index (χ2n) is 6.14. The van der Waals surface area contributed by atoms with E-state index in [1.54, 1.807) is 17.5 Å². The number of hydrogen-bond donors (Lipinski definition) is 2. The van der Waals surface area contributed by atoms with Crippen LogP contribution in [0.3, 0.4) is 0 Å². The first-order valence-corrected chi connectivity index (χ1v) is 9.02. The van der Waals surface area contributed by atoms with Gasteiger partial charge in [-0.3, -0.25) is 9.78 Å². The van der Waals surface area contributed by atoms with Crippen LogP contribution < -0.4 is 5.32 Å². The van der Waals surface area contributed by atoms with E-state index in [0.29, 0.717) is 12.8 Å². The van der Waals surface area contributed by atoms with Crippen LogP contribution in [0.15, 0.2) is 35.8 Å². The maximum Gasteiger partial charge on any atom is 0.252 e. The van der Waals surface area contributed by atoms with Gasteiger partial charge in [-0.15, -0.1) is 11.3 Å². The van der Waals surface area contributed by atoms with Gasteiger partial charge in [0.2, 0.25) is 0 Å². The lowest BCUT2D eigenvalue weighted by Crippen LogP contribution is -2.41. The Morgan fingerprint density at radius 3 is 2.96 bits per heavy atom. The molecule has 1 amide bonds. The van der Waals surface area contributed by atoms with Gasteiger partial charge in [0.05, 0.1) is 23.4 Å². The van der Waals surface area contributed by atoms with Crippen LogP contribution >= 0.6 is 11.3 Å². The minimum absolute atomic E-state index is 0.0550. The molecular weight excluding hydrogens is 308 g/mol. The van der Waals surface area contributed by atoms with E-state index < -0.39 is 0 Å². The molecule has 23 heavy (non-hydrogen) atoms. The molecule has 2 aromatic heterocycles. The third-order valence-corrected chi connectivity index (χ3v) is 5.32. The lowest BCUT2D eigenvalue weighted by molar-refractivity contribution is 0.0228. The number of thiophene rings is 1. The van der Waals surface area contributed by atoms with Crippen molar-refractivity contribution in [3.63, 3.8) is 0 Å². The van der Waals surface area contributed by atoms with Crippen molar-refractivity contribution in [1.82, 2.24) is 10.3 Å². The number of nitrogens with zero attached hydrogens (tertiary/aromatic N) is 1. The van der Waals surface area contributed by atoms with E-state index in [1.807, 2.05) is 29.6 Å². The fraction of sp³-hybridized carbons (Fsp3) is 0.444. The van der Waals surface area contributed by atoms with Gasteiger partial charge < -0.3 is 10.4 Å². The number of rotatable bonds is 6. The molecule has 1 saturated carbocycles. The largest absolute Gasteiger partial charge is 0.393 e. The molecule has 2 aromatic rings. The average Bonchev–Trinajstić information content (AvgIpc) is 3.00. The van der Waals surface area contributed by atoms with Crippen molar-refractivity contribution in [2.75, 3.05) is 0 Å². The van der Waals surface area contributed by atoms with Crippen molar-refractivity contribution in [3.8, 4) is 0 Å². The first-order chi connectivity index (χ1) is 11.2. The molecule has 2 heterocycles. The van der Waals surface area contributed by atoms with Crippen LogP contribution in [0.4, 0.5) is 0 Å². The van der Waals surface area contributed by atoms with Gasteiger partial charge in [0, 0.05) is 16.5 Å². The van der Waals surface area contributed by atoms with Crippen molar-refractivity contribution in [2.45, 2.75) is 44.8 Å². The molecule has 0 aromatic carbocycles. The molecule has 4 nitrogen and oxygen atoms in total. The fourth-order valence-electron chi connectivity index (χ4n) is 3.00. The molecule has 0 aliphatic heterocycles. The van der Waals surface area contributed by atoms with E-state index in [-0.39, 0.29) is 24.0 Å². The number of aromatic nitrogens is 1. The number of aliphatic hydroxyl groups excluding tert-OH is 1. The standard InChI is InChI=1S/C18H22N2O2S/c1-2-5-15-10-13(11-23-15)18(22)20-17(12-8-14(21)9-12)16-6-3-4-7-19-16/h3-4,6-7,10-12,14,17,21H,2,5,8-9H2,1H3,(H,20,22). The zero-order valence-corrected chi connectivity index (χ0v) is 14.1. The first kappa shape index (κ1) is 16.1. The number of carbonyl (C=O) groups excluding carboxylic acids is 1. The fourth-order valence-corrected chi connectivity index (χ4v) is 3.97. The van der Waals surface area contributed by atoms with Crippen molar-refractivity contribution in [3.05, 3.63) is 52.0 Å². The monoisotopic (exact) mass is 330 g/mol. The highest BCUT2D eigenvalue weighted by atomic mass is 32.1. The number of pyridine rings is 1. The second kappa shape index (κ2) is 7.23. The zero-order chi connectivity index (χ0) is 16.2. The van der Waals surface area contributed by atoms with Crippen molar-refractivity contribution in [1.29, 1.82) is 0 Å². The van der Waals surface area contributed by atoms with Gasteiger partial charge in [-0.25, -0.2) is 0 Å². The van der Waals surface area contributed by atoms with E-state index in [2.05, 4.69) is 17.2 Å². The van der Waals surface area contributed by atoms with Crippen molar-refractivity contribution < 1.29 is 9.90 Å². The number of aliphatic hydroxyl groups is 1. The molecule has 3 rings (SSSR count). The van der Waals surface area contributed by atoms with Crippen molar-refractivity contribution >= 4 is 17.2 Å². The smallest absolute Gasteiger partial charge is 0.252 e. The Morgan fingerprint density at radius 1 is 1.48 bits per heavy atom. The van der Waals surface area contributed by atoms with Gasteiger partial charge in [0.25, 0.3) is 5.91 Å². The third-order valence-electron chi connectivity index (χ3n) is 4.33. The van der Waals surface area contributed by atoms with E-state index in [1.165, 1.54) is 4.88 Å². The molecule has 0 spiro atoms. The summed E-state index contributed by atoms with van der Waals surface area (Å²) < 4.78 is 0. The van der Waals surface area contributed by atoms with Gasteiger partial charge in [-0.2, -0.15) is 0 Å². The maximum absolute atomic E-state index is 12.6. The van der Waals surface area contributed by atoms with Crippen LogP contribution in [0.5, 0.6) is 0 Å². The molecule has 2 N–H and O–H groups in total. The molecule has 0 bridgehead atoms. The van der Waals surface area contributed by atoms with E-state index in [4.69, 9.17) is 0 Å². The summed E-state index contributed by atoms with van der Waals surface area (Å²) in [7, 11) is 0. The Kier molecular flexibility index (Phi) is 5.08. The quantitative estimate of drug-likeness (QED) is 0.854.